The standard InChI is InChI=1S/C34H39NO6/c1-7-35-23-15-33(2,3)17-25(36)30(23)29(31-24(35)16-34(4,5)18-26(31)37)22-12-13-27(28(14-22)40-6)41-19-20-8-10-21(11-9-20)32(38)39/h8-14,29H,7,15-19H2,1-6H3,(H,38,39). The molecule has 0 aromatic heterocycles. The van der Waals surface area contributed by atoms with Crippen molar-refractivity contribution in [3.05, 3.63) is 81.7 Å². The Hall–Kier alpha value is -3.87. The number of hydrogen-bond donors (Lipinski definition) is 1. The quantitative estimate of drug-likeness (QED) is 0.406. The van der Waals surface area contributed by atoms with Gasteiger partial charge in [-0.05, 0) is 66.0 Å². The SMILES string of the molecule is CCN1C2=C(C(=O)CC(C)(C)C2)C(c2ccc(OCc3ccc(C(=O)O)cc3)c(OC)c2)C2=C1CC(C)(C)CC2=O. The highest BCUT2D eigenvalue weighted by Crippen LogP contribution is 2.54. The summed E-state index contributed by atoms with van der Waals surface area (Å²) in [6.07, 6.45) is 2.45. The molecule has 2 aliphatic carbocycles. The number of carboxylic acids is 1. The number of carboxylic acid groups (broad SMARTS) is 1. The predicted molar refractivity (Wildman–Crippen MR) is 156 cm³/mol. The number of aromatic carboxylic acids is 1. The van der Waals surface area contributed by atoms with Crippen LogP contribution in [0.4, 0.5) is 0 Å². The summed E-state index contributed by atoms with van der Waals surface area (Å²) in [6, 6.07) is 12.2. The first kappa shape index (κ1) is 28.7. The molecule has 0 spiro atoms. The second-order valence-electron chi connectivity index (χ2n) is 13.0. The van der Waals surface area contributed by atoms with Crippen LogP contribution >= 0.6 is 0 Å². The van der Waals surface area contributed by atoms with Gasteiger partial charge in [0.25, 0.3) is 0 Å². The predicted octanol–water partition coefficient (Wildman–Crippen LogP) is 6.68. The zero-order valence-corrected chi connectivity index (χ0v) is 24.8. The van der Waals surface area contributed by atoms with Crippen molar-refractivity contribution in [2.45, 2.75) is 72.8 Å². The highest BCUT2D eigenvalue weighted by Gasteiger charge is 2.48. The first-order valence-corrected chi connectivity index (χ1v) is 14.3. The molecule has 0 unspecified atom stereocenters. The van der Waals surface area contributed by atoms with Gasteiger partial charge >= 0.3 is 5.97 Å². The summed E-state index contributed by atoms with van der Waals surface area (Å²) in [6.45, 7) is 11.6. The van der Waals surface area contributed by atoms with Gasteiger partial charge < -0.3 is 19.5 Å². The van der Waals surface area contributed by atoms with E-state index in [1.54, 1.807) is 31.4 Å². The number of Topliss-reactive ketones (excluding diaryl/α,β-unsaturated/α-hetero) is 2. The molecule has 0 radical (unpaired) electrons. The van der Waals surface area contributed by atoms with Crippen LogP contribution in [0.1, 0.15) is 87.7 Å². The molecule has 216 valence electrons. The maximum absolute atomic E-state index is 13.8. The maximum Gasteiger partial charge on any atom is 0.335 e. The second-order valence-corrected chi connectivity index (χ2v) is 13.0. The molecule has 41 heavy (non-hydrogen) atoms. The van der Waals surface area contributed by atoms with Gasteiger partial charge in [0.05, 0.1) is 12.7 Å². The molecule has 1 aliphatic heterocycles. The summed E-state index contributed by atoms with van der Waals surface area (Å²) >= 11 is 0. The van der Waals surface area contributed by atoms with Crippen LogP contribution in [-0.4, -0.2) is 41.2 Å². The van der Waals surface area contributed by atoms with Crippen LogP contribution in [-0.2, 0) is 16.2 Å². The largest absolute Gasteiger partial charge is 0.493 e. The van der Waals surface area contributed by atoms with Gasteiger partial charge in [0, 0.05) is 47.8 Å². The minimum absolute atomic E-state index is 0.105. The Morgan fingerprint density at radius 3 is 1.93 bits per heavy atom. The number of carbonyl (C=O) groups excluding carboxylic acids is 2. The van der Waals surface area contributed by atoms with Gasteiger partial charge in [-0.2, -0.15) is 0 Å². The van der Waals surface area contributed by atoms with Crippen LogP contribution in [0.15, 0.2) is 65.0 Å². The van der Waals surface area contributed by atoms with E-state index < -0.39 is 11.9 Å². The molecular weight excluding hydrogens is 518 g/mol. The van der Waals surface area contributed by atoms with Crippen LogP contribution < -0.4 is 9.47 Å². The first-order valence-electron chi connectivity index (χ1n) is 14.3. The lowest BCUT2D eigenvalue weighted by atomic mass is 9.63. The highest BCUT2D eigenvalue weighted by molar-refractivity contribution is 6.06. The van der Waals surface area contributed by atoms with Crippen LogP contribution in [0.25, 0.3) is 0 Å². The lowest BCUT2D eigenvalue weighted by Gasteiger charge is -2.48. The smallest absolute Gasteiger partial charge is 0.335 e. The number of benzene rings is 2. The molecule has 3 aliphatic rings. The van der Waals surface area contributed by atoms with E-state index in [0.717, 1.165) is 46.5 Å². The fourth-order valence-corrected chi connectivity index (χ4v) is 6.65. The van der Waals surface area contributed by atoms with Gasteiger partial charge in [-0.1, -0.05) is 45.9 Å². The van der Waals surface area contributed by atoms with Crippen LogP contribution in [0.2, 0.25) is 0 Å². The number of allylic oxidation sites excluding steroid dienone is 4. The van der Waals surface area contributed by atoms with Gasteiger partial charge in [-0.25, -0.2) is 4.79 Å². The minimum atomic E-state index is -0.976. The Kier molecular flexibility index (Phi) is 7.35. The van der Waals surface area contributed by atoms with E-state index in [-0.39, 0.29) is 34.6 Å². The van der Waals surface area contributed by atoms with E-state index in [4.69, 9.17) is 14.6 Å². The van der Waals surface area contributed by atoms with E-state index in [2.05, 4.69) is 39.5 Å². The number of ketones is 2. The Bertz CT molecular complexity index is 1420. The average molecular weight is 558 g/mol. The number of methoxy groups -OCH3 is 1. The topological polar surface area (TPSA) is 93.1 Å². The molecule has 1 N–H and O–H groups in total. The first-order chi connectivity index (χ1) is 19.3. The summed E-state index contributed by atoms with van der Waals surface area (Å²) in [7, 11) is 1.57. The van der Waals surface area contributed by atoms with Gasteiger partial charge in [-0.3, -0.25) is 9.59 Å². The van der Waals surface area contributed by atoms with E-state index in [0.29, 0.717) is 30.9 Å². The third kappa shape index (κ3) is 5.42. The number of carbonyl (C=O) groups is 3. The van der Waals surface area contributed by atoms with Gasteiger partial charge in [0.2, 0.25) is 0 Å². The Morgan fingerprint density at radius 2 is 1.44 bits per heavy atom. The molecule has 0 saturated carbocycles. The zero-order chi connectivity index (χ0) is 29.7. The van der Waals surface area contributed by atoms with Crippen LogP contribution in [0, 0.1) is 10.8 Å². The molecule has 0 amide bonds. The Balaban J connectivity index is 1.56. The monoisotopic (exact) mass is 557 g/mol. The molecule has 0 fully saturated rings. The molecule has 1 heterocycles. The van der Waals surface area contributed by atoms with Crippen LogP contribution in [0.5, 0.6) is 11.5 Å². The van der Waals surface area contributed by atoms with E-state index in [1.165, 1.54) is 0 Å². The molecule has 0 saturated heterocycles. The van der Waals surface area contributed by atoms with E-state index in [9.17, 15) is 14.4 Å². The number of hydrogen-bond acceptors (Lipinski definition) is 6. The Morgan fingerprint density at radius 1 is 0.878 bits per heavy atom. The van der Waals surface area contributed by atoms with Gasteiger partial charge in [0.15, 0.2) is 23.1 Å². The van der Waals surface area contributed by atoms with Gasteiger partial charge in [0.1, 0.15) is 6.61 Å². The average Bonchev–Trinajstić information content (AvgIpc) is 2.89. The summed E-state index contributed by atoms with van der Waals surface area (Å²) in [5, 5.41) is 9.14. The molecule has 2 aromatic rings. The molecule has 0 bridgehead atoms. The fourth-order valence-electron chi connectivity index (χ4n) is 6.65. The number of rotatable bonds is 7. The third-order valence-corrected chi connectivity index (χ3v) is 8.45. The summed E-state index contributed by atoms with van der Waals surface area (Å²) in [4.78, 5) is 41.1. The van der Waals surface area contributed by atoms with Crippen molar-refractivity contribution in [3.63, 3.8) is 0 Å². The summed E-state index contributed by atoms with van der Waals surface area (Å²) in [5.41, 5.74) is 5.16. The molecular formula is C34H39NO6. The van der Waals surface area contributed by atoms with E-state index in [1.807, 2.05) is 18.2 Å². The van der Waals surface area contributed by atoms with Crippen molar-refractivity contribution < 1.29 is 29.0 Å². The molecule has 0 atom stereocenters. The van der Waals surface area contributed by atoms with E-state index >= 15 is 0 Å². The molecule has 7 heteroatoms. The molecule has 5 rings (SSSR count). The zero-order valence-electron chi connectivity index (χ0n) is 24.8. The fraction of sp³-hybridized carbons (Fsp3) is 0.441. The third-order valence-electron chi connectivity index (χ3n) is 8.45. The Labute approximate surface area is 241 Å². The number of nitrogens with zero attached hydrogens (tertiary/aromatic N) is 1. The van der Waals surface area contributed by atoms with Crippen molar-refractivity contribution in [1.29, 1.82) is 0 Å². The van der Waals surface area contributed by atoms with Gasteiger partial charge in [-0.15, -0.1) is 0 Å². The van der Waals surface area contributed by atoms with Crippen molar-refractivity contribution >= 4 is 17.5 Å². The van der Waals surface area contributed by atoms with Crippen molar-refractivity contribution in [1.82, 2.24) is 4.90 Å². The lowest BCUT2D eigenvalue weighted by Crippen LogP contribution is -2.44. The summed E-state index contributed by atoms with van der Waals surface area (Å²) in [5.74, 6) is -0.169. The molecule has 7 nitrogen and oxygen atoms in total. The maximum atomic E-state index is 13.8. The summed E-state index contributed by atoms with van der Waals surface area (Å²) < 4.78 is 11.8. The van der Waals surface area contributed by atoms with Crippen molar-refractivity contribution in [2.75, 3.05) is 13.7 Å². The normalized spacial score (nSPS) is 20.1. The number of ether oxygens (including phenoxy) is 2. The molecule has 2 aromatic carbocycles. The highest BCUT2D eigenvalue weighted by atomic mass is 16.5. The lowest BCUT2D eigenvalue weighted by molar-refractivity contribution is -0.119. The van der Waals surface area contributed by atoms with Crippen LogP contribution in [0.3, 0.4) is 0 Å². The van der Waals surface area contributed by atoms with Crippen molar-refractivity contribution in [3.8, 4) is 11.5 Å². The minimum Gasteiger partial charge on any atom is -0.493 e. The van der Waals surface area contributed by atoms with Crippen molar-refractivity contribution in [2.24, 2.45) is 10.8 Å². The second kappa shape index (κ2) is 10.5.